The molecule has 2 N–H and O–H groups in total. The van der Waals surface area contributed by atoms with E-state index in [1.165, 1.54) is 4.68 Å². The highest BCUT2D eigenvalue weighted by atomic mass is 35.5. The van der Waals surface area contributed by atoms with Crippen LogP contribution in [0.3, 0.4) is 0 Å². The summed E-state index contributed by atoms with van der Waals surface area (Å²) in [6.07, 6.45) is 1.95. The summed E-state index contributed by atoms with van der Waals surface area (Å²) in [4.78, 5) is 5.34. The second kappa shape index (κ2) is 8.61. The first kappa shape index (κ1) is 22.4. The molecule has 2 aromatic carbocycles. The first-order valence-electron chi connectivity index (χ1n) is 10.2. The number of halogens is 1. The van der Waals surface area contributed by atoms with Gasteiger partial charge in [0.1, 0.15) is 10.0 Å². The van der Waals surface area contributed by atoms with Crippen LogP contribution in [0.25, 0.3) is 10.9 Å². The van der Waals surface area contributed by atoms with Crippen molar-refractivity contribution in [2.45, 2.75) is 17.7 Å². The molecule has 9 heteroatoms. The van der Waals surface area contributed by atoms with E-state index in [1.54, 1.807) is 14.0 Å². The summed E-state index contributed by atoms with van der Waals surface area (Å²) in [6, 6.07) is 16.2. The summed E-state index contributed by atoms with van der Waals surface area (Å²) in [6.45, 7) is 1.81. The number of hydrogen-bond acceptors (Lipinski definition) is 4. The van der Waals surface area contributed by atoms with Crippen molar-refractivity contribution in [1.29, 1.82) is 0 Å². The average Bonchev–Trinajstić information content (AvgIpc) is 3.29. The third-order valence-corrected chi connectivity index (χ3v) is 7.77. The molecule has 0 radical (unpaired) electrons. The second-order valence-corrected chi connectivity index (χ2v) is 10.1. The quantitative estimate of drug-likeness (QED) is 0.426. The Labute approximate surface area is 193 Å². The molecule has 0 saturated heterocycles. The van der Waals surface area contributed by atoms with Gasteiger partial charge in [-0.15, -0.1) is 0 Å². The lowest BCUT2D eigenvalue weighted by atomic mass is 9.91. The molecule has 0 saturated carbocycles. The fraction of sp³-hybridized carbons (Fsp3) is 0.261. The van der Waals surface area contributed by atoms with Gasteiger partial charge < -0.3 is 9.88 Å². The fourth-order valence-corrected chi connectivity index (χ4v) is 5.77. The fourth-order valence-electron chi connectivity index (χ4n) is 3.98. The molecule has 0 spiro atoms. The van der Waals surface area contributed by atoms with Gasteiger partial charge in [-0.3, -0.25) is 4.68 Å². The van der Waals surface area contributed by atoms with Crippen LogP contribution >= 0.6 is 11.6 Å². The molecule has 2 aromatic heterocycles. The van der Waals surface area contributed by atoms with E-state index < -0.39 is 10.0 Å². The van der Waals surface area contributed by atoms with Crippen molar-refractivity contribution in [3.8, 4) is 0 Å². The van der Waals surface area contributed by atoms with Crippen LogP contribution in [0.4, 0.5) is 5.69 Å². The van der Waals surface area contributed by atoms with E-state index in [-0.39, 0.29) is 22.5 Å². The maximum Gasteiger partial charge on any atom is 0.245 e. The van der Waals surface area contributed by atoms with Crippen molar-refractivity contribution >= 4 is 38.2 Å². The highest BCUT2D eigenvalue weighted by Gasteiger charge is 2.27. The maximum atomic E-state index is 13.1. The number of H-pyrrole nitrogens is 1. The molecule has 0 amide bonds. The topological polar surface area (TPSA) is 83.0 Å². The Balaban J connectivity index is 1.73. The zero-order valence-corrected chi connectivity index (χ0v) is 20.0. The standard InChI is InChI=1S/C23H26ClN5O2S/c1-15-22(23(24)29(4)27-15)32(30,31)26-14-19(16-9-11-17(12-10-16)28(2)3)20-13-25-21-8-6-5-7-18(20)21/h5-13,19,25-26H,14H2,1-4H3. The van der Waals surface area contributed by atoms with Crippen molar-refractivity contribution in [2.24, 2.45) is 7.05 Å². The van der Waals surface area contributed by atoms with E-state index in [0.717, 1.165) is 27.7 Å². The Morgan fingerprint density at radius 2 is 1.84 bits per heavy atom. The highest BCUT2D eigenvalue weighted by Crippen LogP contribution is 2.32. The SMILES string of the molecule is Cc1nn(C)c(Cl)c1S(=O)(=O)NCC(c1ccc(N(C)C)cc1)c1c[nH]c2ccccc12. The van der Waals surface area contributed by atoms with Gasteiger partial charge in [0.2, 0.25) is 10.0 Å². The summed E-state index contributed by atoms with van der Waals surface area (Å²) in [5.41, 5.74) is 4.48. The van der Waals surface area contributed by atoms with Gasteiger partial charge in [0.05, 0.1) is 5.69 Å². The third kappa shape index (κ3) is 4.13. The molecule has 4 rings (SSSR count). The molecule has 0 bridgehead atoms. The number of sulfonamides is 1. The van der Waals surface area contributed by atoms with Crippen molar-refractivity contribution in [3.05, 3.63) is 76.7 Å². The maximum absolute atomic E-state index is 13.1. The largest absolute Gasteiger partial charge is 0.378 e. The highest BCUT2D eigenvalue weighted by molar-refractivity contribution is 7.89. The number of hydrogen-bond donors (Lipinski definition) is 2. The van der Waals surface area contributed by atoms with Gasteiger partial charge in [-0.05, 0) is 36.2 Å². The minimum atomic E-state index is -3.85. The summed E-state index contributed by atoms with van der Waals surface area (Å²) < 4.78 is 30.4. The smallest absolute Gasteiger partial charge is 0.245 e. The number of aryl methyl sites for hydroxylation is 2. The minimum absolute atomic E-state index is 0.0160. The summed E-state index contributed by atoms with van der Waals surface area (Å²) in [7, 11) is 1.74. The van der Waals surface area contributed by atoms with Crippen molar-refractivity contribution < 1.29 is 8.42 Å². The Bertz CT molecular complexity index is 1360. The molecular formula is C23H26ClN5O2S. The van der Waals surface area contributed by atoms with Crippen LogP contribution in [-0.4, -0.2) is 43.8 Å². The van der Waals surface area contributed by atoms with Crippen LogP contribution in [0.1, 0.15) is 22.7 Å². The molecule has 168 valence electrons. The van der Waals surface area contributed by atoms with E-state index >= 15 is 0 Å². The van der Waals surface area contributed by atoms with Gasteiger partial charge >= 0.3 is 0 Å². The molecule has 1 unspecified atom stereocenters. The van der Waals surface area contributed by atoms with Gasteiger partial charge in [0.15, 0.2) is 0 Å². The van der Waals surface area contributed by atoms with Crippen molar-refractivity contribution in [1.82, 2.24) is 19.5 Å². The van der Waals surface area contributed by atoms with Crippen LogP contribution in [0.15, 0.2) is 59.6 Å². The van der Waals surface area contributed by atoms with Crippen LogP contribution < -0.4 is 9.62 Å². The van der Waals surface area contributed by atoms with E-state index in [9.17, 15) is 8.42 Å². The van der Waals surface area contributed by atoms with E-state index in [2.05, 4.69) is 14.8 Å². The third-order valence-electron chi connectivity index (χ3n) is 5.65. The van der Waals surface area contributed by atoms with Crippen LogP contribution in [0.2, 0.25) is 5.15 Å². The molecule has 1 atom stereocenters. The predicted molar refractivity (Wildman–Crippen MR) is 129 cm³/mol. The number of nitrogens with zero attached hydrogens (tertiary/aromatic N) is 3. The molecule has 0 fully saturated rings. The van der Waals surface area contributed by atoms with Crippen molar-refractivity contribution in [3.63, 3.8) is 0 Å². The first-order valence-corrected chi connectivity index (χ1v) is 12.1. The zero-order valence-electron chi connectivity index (χ0n) is 18.4. The Morgan fingerprint density at radius 1 is 1.16 bits per heavy atom. The van der Waals surface area contributed by atoms with Crippen LogP contribution in [-0.2, 0) is 17.1 Å². The number of aromatic amines is 1. The molecule has 32 heavy (non-hydrogen) atoms. The molecule has 0 aliphatic carbocycles. The lowest BCUT2D eigenvalue weighted by Gasteiger charge is -2.20. The number of fused-ring (bicyclic) bond motifs is 1. The molecule has 7 nitrogen and oxygen atoms in total. The molecule has 4 aromatic rings. The van der Waals surface area contributed by atoms with Gasteiger partial charge in [0, 0.05) is 56.4 Å². The Morgan fingerprint density at radius 3 is 2.47 bits per heavy atom. The lowest BCUT2D eigenvalue weighted by molar-refractivity contribution is 0.577. The number of rotatable bonds is 7. The first-order chi connectivity index (χ1) is 15.2. The minimum Gasteiger partial charge on any atom is -0.378 e. The van der Waals surface area contributed by atoms with Crippen LogP contribution in [0, 0.1) is 6.92 Å². The number of anilines is 1. The number of aromatic nitrogens is 3. The Kier molecular flexibility index (Phi) is 6.03. The van der Waals surface area contributed by atoms with E-state index in [1.807, 2.05) is 73.7 Å². The second-order valence-electron chi connectivity index (χ2n) is 8.01. The Hall–Kier alpha value is -2.81. The summed E-state index contributed by atoms with van der Waals surface area (Å²) in [5.74, 6) is -0.201. The monoisotopic (exact) mass is 471 g/mol. The molecule has 0 aliphatic rings. The van der Waals surface area contributed by atoms with E-state index in [4.69, 9.17) is 11.6 Å². The predicted octanol–water partition coefficient (Wildman–Crippen LogP) is 4.04. The summed E-state index contributed by atoms with van der Waals surface area (Å²) in [5, 5.41) is 5.29. The number of para-hydroxylation sites is 1. The van der Waals surface area contributed by atoms with Crippen LogP contribution in [0.5, 0.6) is 0 Å². The molecule has 2 heterocycles. The van der Waals surface area contributed by atoms with Gasteiger partial charge in [-0.2, -0.15) is 5.10 Å². The zero-order chi connectivity index (χ0) is 23.0. The average molecular weight is 472 g/mol. The lowest BCUT2D eigenvalue weighted by Crippen LogP contribution is -2.29. The normalized spacial score (nSPS) is 12.9. The van der Waals surface area contributed by atoms with Crippen molar-refractivity contribution in [2.75, 3.05) is 25.5 Å². The van der Waals surface area contributed by atoms with Gasteiger partial charge in [0.25, 0.3) is 0 Å². The number of nitrogens with one attached hydrogen (secondary N) is 2. The summed E-state index contributed by atoms with van der Waals surface area (Å²) >= 11 is 6.23. The van der Waals surface area contributed by atoms with Gasteiger partial charge in [-0.25, -0.2) is 13.1 Å². The molecular weight excluding hydrogens is 446 g/mol. The molecule has 0 aliphatic heterocycles. The van der Waals surface area contributed by atoms with Gasteiger partial charge in [-0.1, -0.05) is 41.9 Å². The van der Waals surface area contributed by atoms with E-state index in [0.29, 0.717) is 5.69 Å². The number of benzene rings is 2.